The van der Waals surface area contributed by atoms with Crippen molar-refractivity contribution < 1.29 is 14.7 Å². The quantitative estimate of drug-likeness (QED) is 0.211. The SMILES string of the molecule is CC1CC2CC(C1)CC(N1[C@@H]3CCCC34[C@H]1C[C@H]4n1c(=O)c(/C(CCC(=O)O)=N/OCCCN(C)C)nc3ccccc31)C2. The van der Waals surface area contributed by atoms with Crippen molar-refractivity contribution in [2.75, 3.05) is 27.2 Å². The Morgan fingerprint density at radius 3 is 2.59 bits per heavy atom. The van der Waals surface area contributed by atoms with Crippen LogP contribution in [0.25, 0.3) is 11.0 Å². The molecule has 7 rings (SSSR count). The molecule has 44 heavy (non-hydrogen) atoms. The van der Waals surface area contributed by atoms with E-state index >= 15 is 0 Å². The maximum atomic E-state index is 14.5. The molecule has 0 amide bonds. The van der Waals surface area contributed by atoms with Crippen LogP contribution in [-0.4, -0.2) is 81.5 Å². The van der Waals surface area contributed by atoms with Gasteiger partial charge in [0.15, 0.2) is 5.69 Å². The summed E-state index contributed by atoms with van der Waals surface area (Å²) in [5.74, 6) is 1.72. The van der Waals surface area contributed by atoms with Crippen molar-refractivity contribution in [1.82, 2.24) is 19.4 Å². The number of para-hydroxylation sites is 2. The third-order valence-electron chi connectivity index (χ3n) is 11.9. The number of carboxylic acid groups (broad SMARTS) is 1. The molecule has 9 heteroatoms. The lowest BCUT2D eigenvalue weighted by Gasteiger charge is -2.74. The van der Waals surface area contributed by atoms with E-state index in [1.807, 2.05) is 42.9 Å². The Balaban J connectivity index is 1.20. The summed E-state index contributed by atoms with van der Waals surface area (Å²) >= 11 is 0. The Kier molecular flexibility index (Phi) is 8.06. The molecule has 2 aromatic rings. The summed E-state index contributed by atoms with van der Waals surface area (Å²) < 4.78 is 2.03. The van der Waals surface area contributed by atoms with Crippen molar-refractivity contribution in [3.63, 3.8) is 0 Å². The maximum absolute atomic E-state index is 14.5. The number of oxime groups is 1. The summed E-state index contributed by atoms with van der Waals surface area (Å²) in [6.07, 6.45) is 12.3. The van der Waals surface area contributed by atoms with Gasteiger partial charge in [-0.1, -0.05) is 30.6 Å². The first-order valence-corrected chi connectivity index (χ1v) is 17.1. The highest BCUT2D eigenvalue weighted by Gasteiger charge is 2.74. The van der Waals surface area contributed by atoms with Gasteiger partial charge in [-0.15, -0.1) is 0 Å². The monoisotopic (exact) mass is 603 g/mol. The lowest BCUT2D eigenvalue weighted by molar-refractivity contribution is -0.247. The van der Waals surface area contributed by atoms with Crippen LogP contribution < -0.4 is 5.56 Å². The van der Waals surface area contributed by atoms with Crippen LogP contribution in [0.1, 0.15) is 95.7 Å². The zero-order chi connectivity index (χ0) is 30.6. The molecule has 1 N–H and O–H groups in total. The number of fused-ring (bicyclic) bond motifs is 3. The summed E-state index contributed by atoms with van der Waals surface area (Å²) in [5, 5.41) is 13.8. The maximum Gasteiger partial charge on any atom is 0.303 e. The Labute approximate surface area is 260 Å². The normalized spacial score (nSPS) is 34.7. The minimum Gasteiger partial charge on any atom is -0.481 e. The number of hydrogen-bond donors (Lipinski definition) is 1. The number of carbonyl (C=O) groups is 1. The van der Waals surface area contributed by atoms with E-state index in [4.69, 9.17) is 9.82 Å². The van der Waals surface area contributed by atoms with Gasteiger partial charge in [0.25, 0.3) is 5.56 Å². The Morgan fingerprint density at radius 1 is 1.07 bits per heavy atom. The van der Waals surface area contributed by atoms with Crippen LogP contribution in [0.15, 0.2) is 34.2 Å². The Bertz CT molecular complexity index is 1470. The number of likely N-dealkylation sites (tertiary alicyclic amines) is 1. The van der Waals surface area contributed by atoms with E-state index in [1.54, 1.807) is 0 Å². The average molecular weight is 604 g/mol. The minimum atomic E-state index is -0.934. The highest BCUT2D eigenvalue weighted by molar-refractivity contribution is 6.00. The van der Waals surface area contributed by atoms with Crippen molar-refractivity contribution in [3.05, 3.63) is 40.3 Å². The molecule has 1 spiro atoms. The summed E-state index contributed by atoms with van der Waals surface area (Å²) in [5.41, 5.74) is 2.17. The van der Waals surface area contributed by atoms with E-state index in [0.717, 1.165) is 48.2 Å². The molecule has 4 aliphatic carbocycles. The van der Waals surface area contributed by atoms with Crippen LogP contribution in [0.4, 0.5) is 0 Å². The molecular formula is C35H49N5O4. The topological polar surface area (TPSA) is 100 Å². The van der Waals surface area contributed by atoms with E-state index in [0.29, 0.717) is 30.4 Å². The molecule has 6 atom stereocenters. The summed E-state index contributed by atoms with van der Waals surface area (Å²) in [7, 11) is 4.01. The standard InChI is InChI=1S/C35H49N5O4/c1-22-16-23-18-24(17-22)20-25(19-23)39-29-10-6-13-35(29)30(39)21-31(35)40-28-9-5-4-8-26(28)36-33(34(40)43)27(11-12-32(41)42)37-44-15-7-14-38(2)3/h4-5,8-9,22-25,29-31H,6-7,10-21H2,1-3H3,(H,41,42)/b37-27+/t22?,23?,24?,25?,29-,30-,31-,35?/m1/s1. The highest BCUT2D eigenvalue weighted by atomic mass is 16.6. The second kappa shape index (κ2) is 11.9. The molecule has 2 heterocycles. The lowest BCUT2D eigenvalue weighted by atomic mass is 9.48. The molecule has 9 nitrogen and oxygen atoms in total. The number of nitrogens with zero attached hydrogens (tertiary/aromatic N) is 5. The van der Waals surface area contributed by atoms with E-state index in [2.05, 4.69) is 21.9 Å². The minimum absolute atomic E-state index is 0.0983. The highest BCUT2D eigenvalue weighted by Crippen LogP contribution is 2.71. The van der Waals surface area contributed by atoms with Gasteiger partial charge in [0.05, 0.1) is 17.5 Å². The van der Waals surface area contributed by atoms with Crippen molar-refractivity contribution in [3.8, 4) is 0 Å². The largest absolute Gasteiger partial charge is 0.481 e. The van der Waals surface area contributed by atoms with Crippen molar-refractivity contribution in [2.45, 2.75) is 108 Å². The fourth-order valence-electron chi connectivity index (χ4n) is 10.4. The van der Waals surface area contributed by atoms with Crippen molar-refractivity contribution in [1.29, 1.82) is 0 Å². The number of carboxylic acids is 1. The number of aromatic nitrogens is 2. The van der Waals surface area contributed by atoms with E-state index in [1.165, 1.54) is 51.4 Å². The zero-order valence-corrected chi connectivity index (χ0v) is 26.7. The summed E-state index contributed by atoms with van der Waals surface area (Å²) in [6, 6.07) is 9.85. The third kappa shape index (κ3) is 5.08. The van der Waals surface area contributed by atoms with Crippen LogP contribution in [-0.2, 0) is 9.63 Å². The molecule has 238 valence electrons. The van der Waals surface area contributed by atoms with Crippen LogP contribution in [0.3, 0.4) is 0 Å². The fourth-order valence-corrected chi connectivity index (χ4v) is 10.4. The number of piperidine rings is 1. The average Bonchev–Trinajstić information content (AvgIpc) is 3.40. The Hall–Kier alpha value is -2.78. The van der Waals surface area contributed by atoms with Gasteiger partial charge in [0, 0.05) is 42.5 Å². The van der Waals surface area contributed by atoms with Crippen LogP contribution in [0.2, 0.25) is 0 Å². The predicted octanol–water partition coefficient (Wildman–Crippen LogP) is 5.32. The van der Waals surface area contributed by atoms with Crippen molar-refractivity contribution in [2.24, 2.45) is 28.3 Å². The van der Waals surface area contributed by atoms with Gasteiger partial charge in [-0.05, 0) is 102 Å². The molecule has 0 radical (unpaired) electrons. The molecular weight excluding hydrogens is 554 g/mol. The molecule has 1 aliphatic heterocycles. The molecule has 5 aliphatic rings. The van der Waals surface area contributed by atoms with E-state index in [-0.39, 0.29) is 35.6 Å². The molecule has 1 aromatic heterocycles. The van der Waals surface area contributed by atoms with Gasteiger partial charge in [-0.25, -0.2) is 4.98 Å². The molecule has 1 aromatic carbocycles. The summed E-state index contributed by atoms with van der Waals surface area (Å²) in [6.45, 7) is 3.69. The number of aliphatic carboxylic acids is 1. The third-order valence-corrected chi connectivity index (χ3v) is 11.9. The van der Waals surface area contributed by atoms with Crippen LogP contribution in [0.5, 0.6) is 0 Å². The second-order valence-electron chi connectivity index (χ2n) is 15.0. The second-order valence-corrected chi connectivity index (χ2v) is 15.0. The van der Waals surface area contributed by atoms with E-state index in [9.17, 15) is 14.7 Å². The predicted molar refractivity (Wildman–Crippen MR) is 171 cm³/mol. The Morgan fingerprint density at radius 2 is 1.84 bits per heavy atom. The van der Waals surface area contributed by atoms with Gasteiger partial charge < -0.3 is 19.4 Å². The zero-order valence-electron chi connectivity index (χ0n) is 26.7. The van der Waals surface area contributed by atoms with Gasteiger partial charge in [-0.3, -0.25) is 14.5 Å². The van der Waals surface area contributed by atoms with Gasteiger partial charge in [-0.2, -0.15) is 0 Å². The van der Waals surface area contributed by atoms with Gasteiger partial charge in [0.2, 0.25) is 0 Å². The van der Waals surface area contributed by atoms with Crippen LogP contribution >= 0.6 is 0 Å². The van der Waals surface area contributed by atoms with Crippen LogP contribution in [0, 0.1) is 23.2 Å². The molecule has 1 saturated heterocycles. The first-order valence-electron chi connectivity index (χ1n) is 17.1. The first kappa shape index (κ1) is 29.9. The number of hydrogen-bond acceptors (Lipinski definition) is 7. The smallest absolute Gasteiger partial charge is 0.303 e. The number of benzene rings is 1. The number of rotatable bonds is 11. The van der Waals surface area contributed by atoms with Gasteiger partial charge >= 0.3 is 5.97 Å². The molecule has 2 bridgehead atoms. The molecule has 4 saturated carbocycles. The lowest BCUT2D eigenvalue weighted by Crippen LogP contribution is -2.81. The van der Waals surface area contributed by atoms with Gasteiger partial charge in [0.1, 0.15) is 12.3 Å². The summed E-state index contributed by atoms with van der Waals surface area (Å²) in [4.78, 5) is 41.5. The van der Waals surface area contributed by atoms with E-state index < -0.39 is 5.97 Å². The molecule has 3 unspecified atom stereocenters. The first-order chi connectivity index (χ1) is 21.3. The molecule has 5 fully saturated rings. The van der Waals surface area contributed by atoms with Crippen molar-refractivity contribution >= 4 is 22.7 Å². The fraction of sp³-hybridized carbons (Fsp3) is 0.714.